The maximum atomic E-state index is 12.8. The van der Waals surface area contributed by atoms with E-state index in [1.165, 1.54) is 205 Å². The average Bonchev–Trinajstić information content (AvgIpc) is 3.35. The van der Waals surface area contributed by atoms with Gasteiger partial charge in [-0.05, 0) is 77.0 Å². The molecule has 0 rings (SSSR count). The minimum atomic E-state index is -0.775. The van der Waals surface area contributed by atoms with Crippen LogP contribution in [0.15, 0.2) is 36.5 Å². The molecule has 1 unspecified atom stereocenters. The molecule has 0 aromatic carbocycles. The monoisotopic (exact) mass is 969 g/mol. The summed E-state index contributed by atoms with van der Waals surface area (Å²) < 4.78 is 16.8. The first-order chi connectivity index (χ1) is 34.0. The molecule has 0 aromatic heterocycles. The first-order valence-corrected chi connectivity index (χ1v) is 30.5. The van der Waals surface area contributed by atoms with Gasteiger partial charge in [-0.3, -0.25) is 14.4 Å². The van der Waals surface area contributed by atoms with Crippen LogP contribution in [0.3, 0.4) is 0 Å². The van der Waals surface area contributed by atoms with Crippen LogP contribution in [0.25, 0.3) is 0 Å². The van der Waals surface area contributed by atoms with Gasteiger partial charge in [-0.25, -0.2) is 0 Å². The van der Waals surface area contributed by atoms with E-state index < -0.39 is 6.10 Å². The smallest absolute Gasteiger partial charge is 0.306 e. The van der Waals surface area contributed by atoms with Crippen LogP contribution in [0, 0.1) is 0 Å². The molecule has 0 saturated heterocycles. The second kappa shape index (κ2) is 58.2. The van der Waals surface area contributed by atoms with Crippen molar-refractivity contribution in [2.24, 2.45) is 0 Å². The van der Waals surface area contributed by atoms with Gasteiger partial charge in [0.15, 0.2) is 6.10 Å². The molecule has 0 spiro atoms. The molecular weight excluding hydrogens is 853 g/mol. The highest BCUT2D eigenvalue weighted by atomic mass is 16.6. The molecule has 0 N–H and O–H groups in total. The Hall–Kier alpha value is -2.37. The molecule has 6 nitrogen and oxygen atoms in total. The van der Waals surface area contributed by atoms with Crippen LogP contribution >= 0.6 is 0 Å². The molecule has 0 fully saturated rings. The lowest BCUT2D eigenvalue weighted by Gasteiger charge is -2.18. The lowest BCUT2D eigenvalue weighted by Crippen LogP contribution is -2.30. The van der Waals surface area contributed by atoms with Crippen LogP contribution in [0.4, 0.5) is 0 Å². The SMILES string of the molecule is CCCCC/C=C\C/C=C\CCCCCCCC(=O)OC(COC(=O)CCCCCCCCCCC)COC(=O)CCCCCCCCCCCCCCCCC/C=C\CCCCCCCCCC. The van der Waals surface area contributed by atoms with Gasteiger partial charge in [-0.2, -0.15) is 0 Å². The number of carbonyl (C=O) groups excluding carboxylic acids is 3. The molecule has 0 saturated carbocycles. The molecule has 0 aliphatic rings. The summed E-state index contributed by atoms with van der Waals surface area (Å²) >= 11 is 0. The predicted molar refractivity (Wildman–Crippen MR) is 298 cm³/mol. The highest BCUT2D eigenvalue weighted by Crippen LogP contribution is 2.17. The lowest BCUT2D eigenvalue weighted by molar-refractivity contribution is -0.167. The van der Waals surface area contributed by atoms with E-state index in [1.807, 2.05) is 0 Å². The molecule has 0 bridgehead atoms. The van der Waals surface area contributed by atoms with Crippen molar-refractivity contribution in [2.75, 3.05) is 13.2 Å². The third-order valence-corrected chi connectivity index (χ3v) is 13.6. The molecular formula is C63H116O6. The summed E-state index contributed by atoms with van der Waals surface area (Å²) in [6.45, 7) is 6.62. The highest BCUT2D eigenvalue weighted by Gasteiger charge is 2.19. The van der Waals surface area contributed by atoms with Crippen molar-refractivity contribution in [3.63, 3.8) is 0 Å². The van der Waals surface area contributed by atoms with E-state index in [-0.39, 0.29) is 31.1 Å². The summed E-state index contributed by atoms with van der Waals surface area (Å²) in [5, 5.41) is 0. The quantitative estimate of drug-likeness (QED) is 0.0261. The number of rotatable bonds is 56. The van der Waals surface area contributed by atoms with Crippen LogP contribution in [0.1, 0.15) is 329 Å². The Bertz CT molecular complexity index is 1160. The summed E-state index contributed by atoms with van der Waals surface area (Å²) in [7, 11) is 0. The predicted octanol–water partition coefficient (Wildman–Crippen LogP) is 20.4. The molecule has 0 amide bonds. The van der Waals surface area contributed by atoms with Crippen molar-refractivity contribution in [3.8, 4) is 0 Å². The van der Waals surface area contributed by atoms with Crippen LogP contribution < -0.4 is 0 Å². The van der Waals surface area contributed by atoms with E-state index >= 15 is 0 Å². The fourth-order valence-electron chi connectivity index (χ4n) is 9.00. The molecule has 0 heterocycles. The third kappa shape index (κ3) is 56.4. The van der Waals surface area contributed by atoms with Crippen LogP contribution in [-0.4, -0.2) is 37.2 Å². The van der Waals surface area contributed by atoms with Crippen LogP contribution in [0.2, 0.25) is 0 Å². The lowest BCUT2D eigenvalue weighted by atomic mass is 10.0. The molecule has 0 aliphatic heterocycles. The van der Waals surface area contributed by atoms with Crippen molar-refractivity contribution in [3.05, 3.63) is 36.5 Å². The summed E-state index contributed by atoms with van der Waals surface area (Å²) in [6.07, 6.45) is 70.2. The van der Waals surface area contributed by atoms with Gasteiger partial charge in [0.25, 0.3) is 0 Å². The van der Waals surface area contributed by atoms with Crippen LogP contribution in [0.5, 0.6) is 0 Å². The zero-order valence-corrected chi connectivity index (χ0v) is 46.3. The van der Waals surface area contributed by atoms with Crippen LogP contribution in [-0.2, 0) is 28.6 Å². The molecule has 0 radical (unpaired) electrons. The van der Waals surface area contributed by atoms with Gasteiger partial charge in [-0.1, -0.05) is 269 Å². The first kappa shape index (κ1) is 66.6. The van der Waals surface area contributed by atoms with Crippen molar-refractivity contribution in [1.29, 1.82) is 0 Å². The Morgan fingerprint density at radius 3 is 0.841 bits per heavy atom. The number of unbranched alkanes of at least 4 members (excludes halogenated alkanes) is 39. The van der Waals surface area contributed by atoms with Crippen molar-refractivity contribution in [2.45, 2.75) is 335 Å². The summed E-state index contributed by atoms with van der Waals surface area (Å²) in [4.78, 5) is 38.0. The van der Waals surface area contributed by atoms with Gasteiger partial charge in [0, 0.05) is 19.3 Å². The van der Waals surface area contributed by atoms with Gasteiger partial charge in [0.05, 0.1) is 0 Å². The highest BCUT2D eigenvalue weighted by molar-refractivity contribution is 5.71. The van der Waals surface area contributed by atoms with Gasteiger partial charge in [-0.15, -0.1) is 0 Å². The van der Waals surface area contributed by atoms with E-state index in [1.54, 1.807) is 0 Å². The standard InChI is InChI=1S/C63H116O6/c1-4-7-10-13-16-19-21-23-25-26-27-28-29-30-31-32-33-34-35-36-38-39-41-44-47-50-53-56-62(65)68-59-60(58-67-61(64)55-52-49-46-43-18-15-12-9-6-3)69-63(66)57-54-51-48-45-42-40-37-24-22-20-17-14-11-8-5-2/h17,20,24,26-27,37,60H,4-16,18-19,21-23,25,28-36,38-59H2,1-3H3/b20-17-,27-26-,37-24-. The Kier molecular flexibility index (Phi) is 56.2. The zero-order chi connectivity index (χ0) is 50.0. The normalized spacial score (nSPS) is 12.2. The van der Waals surface area contributed by atoms with Crippen molar-refractivity contribution < 1.29 is 28.6 Å². The van der Waals surface area contributed by atoms with E-state index in [0.29, 0.717) is 19.3 Å². The minimum absolute atomic E-state index is 0.0740. The largest absolute Gasteiger partial charge is 0.462 e. The summed E-state index contributed by atoms with van der Waals surface area (Å²) in [5.74, 6) is -0.874. The van der Waals surface area contributed by atoms with E-state index in [0.717, 1.165) is 83.5 Å². The van der Waals surface area contributed by atoms with E-state index in [4.69, 9.17) is 14.2 Å². The number of hydrogen-bond acceptors (Lipinski definition) is 6. The number of hydrogen-bond donors (Lipinski definition) is 0. The second-order valence-corrected chi connectivity index (χ2v) is 20.6. The number of allylic oxidation sites excluding steroid dienone is 6. The number of esters is 3. The fourth-order valence-corrected chi connectivity index (χ4v) is 9.00. The molecule has 1 atom stereocenters. The maximum absolute atomic E-state index is 12.8. The summed E-state index contributed by atoms with van der Waals surface area (Å²) in [5.41, 5.74) is 0. The Balaban J connectivity index is 4.13. The van der Waals surface area contributed by atoms with E-state index in [2.05, 4.69) is 57.2 Å². The summed E-state index contributed by atoms with van der Waals surface area (Å²) in [6, 6.07) is 0. The van der Waals surface area contributed by atoms with Gasteiger partial charge >= 0.3 is 17.9 Å². The number of ether oxygens (including phenoxy) is 3. The number of carbonyl (C=O) groups is 3. The molecule has 0 aliphatic carbocycles. The second-order valence-electron chi connectivity index (χ2n) is 20.6. The van der Waals surface area contributed by atoms with Gasteiger partial charge in [0.2, 0.25) is 0 Å². The molecule has 404 valence electrons. The van der Waals surface area contributed by atoms with Gasteiger partial charge < -0.3 is 14.2 Å². The first-order valence-electron chi connectivity index (χ1n) is 30.5. The maximum Gasteiger partial charge on any atom is 0.306 e. The average molecular weight is 970 g/mol. The third-order valence-electron chi connectivity index (χ3n) is 13.6. The minimum Gasteiger partial charge on any atom is -0.462 e. The Morgan fingerprint density at radius 1 is 0.290 bits per heavy atom. The van der Waals surface area contributed by atoms with E-state index in [9.17, 15) is 14.4 Å². The Morgan fingerprint density at radius 2 is 0.522 bits per heavy atom. The topological polar surface area (TPSA) is 78.9 Å². The fraction of sp³-hybridized carbons (Fsp3) is 0.857. The Labute approximate surface area is 429 Å². The van der Waals surface area contributed by atoms with Crippen molar-refractivity contribution in [1.82, 2.24) is 0 Å². The van der Waals surface area contributed by atoms with Gasteiger partial charge in [0.1, 0.15) is 13.2 Å². The molecule has 0 aromatic rings. The zero-order valence-electron chi connectivity index (χ0n) is 46.3. The molecule has 6 heteroatoms. The van der Waals surface area contributed by atoms with Crippen molar-refractivity contribution >= 4 is 17.9 Å². The molecule has 69 heavy (non-hydrogen) atoms.